The minimum absolute atomic E-state index is 0.0960. The van der Waals surface area contributed by atoms with Crippen molar-refractivity contribution in [1.29, 1.82) is 0 Å². The molecule has 3 rings (SSSR count). The first kappa shape index (κ1) is 14.8. The highest BCUT2D eigenvalue weighted by Crippen LogP contribution is 2.11. The Morgan fingerprint density at radius 3 is 2.50 bits per heavy atom. The lowest BCUT2D eigenvalue weighted by Crippen LogP contribution is -2.48. The Balaban J connectivity index is 1.56. The molecule has 0 radical (unpaired) electrons. The van der Waals surface area contributed by atoms with Crippen molar-refractivity contribution in [2.45, 2.75) is 20.0 Å². The molecule has 0 bridgehead atoms. The molecule has 1 aromatic carbocycles. The summed E-state index contributed by atoms with van der Waals surface area (Å²) in [5.74, 6) is 0.0960. The maximum atomic E-state index is 12.6. The number of amides is 1. The van der Waals surface area contributed by atoms with E-state index in [0.29, 0.717) is 5.69 Å². The van der Waals surface area contributed by atoms with Gasteiger partial charge in [0.1, 0.15) is 5.69 Å². The van der Waals surface area contributed by atoms with Gasteiger partial charge in [-0.3, -0.25) is 14.4 Å². The second kappa shape index (κ2) is 6.75. The summed E-state index contributed by atoms with van der Waals surface area (Å²) in [7, 11) is 0. The average molecular weight is 298 g/mol. The zero-order valence-electron chi connectivity index (χ0n) is 13.0. The van der Waals surface area contributed by atoms with Gasteiger partial charge in [0, 0.05) is 45.5 Å². The van der Waals surface area contributed by atoms with E-state index < -0.39 is 0 Å². The summed E-state index contributed by atoms with van der Waals surface area (Å²) >= 11 is 0. The summed E-state index contributed by atoms with van der Waals surface area (Å²) in [5.41, 5.74) is 2.02. The van der Waals surface area contributed by atoms with Gasteiger partial charge in [-0.2, -0.15) is 5.10 Å². The Bertz CT molecular complexity index is 615. The van der Waals surface area contributed by atoms with E-state index in [4.69, 9.17) is 0 Å². The minimum Gasteiger partial charge on any atom is -0.335 e. The fraction of sp³-hybridized carbons (Fsp3) is 0.412. The molecule has 2 aromatic rings. The third kappa shape index (κ3) is 3.20. The van der Waals surface area contributed by atoms with Gasteiger partial charge >= 0.3 is 0 Å². The first-order valence-electron chi connectivity index (χ1n) is 7.85. The van der Waals surface area contributed by atoms with E-state index >= 15 is 0 Å². The number of hydrogen-bond donors (Lipinski definition) is 0. The van der Waals surface area contributed by atoms with Crippen LogP contribution in [0.2, 0.25) is 0 Å². The topological polar surface area (TPSA) is 41.4 Å². The lowest BCUT2D eigenvalue weighted by Gasteiger charge is -2.34. The number of nitrogens with zero attached hydrogens (tertiary/aromatic N) is 4. The van der Waals surface area contributed by atoms with Crippen molar-refractivity contribution in [1.82, 2.24) is 19.6 Å². The first-order valence-corrected chi connectivity index (χ1v) is 7.85. The third-order valence-electron chi connectivity index (χ3n) is 4.14. The number of hydrogen-bond acceptors (Lipinski definition) is 3. The third-order valence-corrected chi connectivity index (χ3v) is 4.14. The average Bonchev–Trinajstić information content (AvgIpc) is 3.04. The zero-order valence-corrected chi connectivity index (χ0v) is 13.0. The Morgan fingerprint density at radius 2 is 1.82 bits per heavy atom. The molecule has 5 nitrogen and oxygen atoms in total. The highest BCUT2D eigenvalue weighted by Gasteiger charge is 2.24. The lowest BCUT2D eigenvalue weighted by atomic mass is 10.2. The molecule has 1 fully saturated rings. The van der Waals surface area contributed by atoms with Gasteiger partial charge in [-0.15, -0.1) is 0 Å². The molecule has 1 aliphatic heterocycles. The van der Waals surface area contributed by atoms with E-state index in [1.807, 2.05) is 24.0 Å². The predicted molar refractivity (Wildman–Crippen MR) is 85.5 cm³/mol. The largest absolute Gasteiger partial charge is 0.335 e. The van der Waals surface area contributed by atoms with Gasteiger partial charge in [0.2, 0.25) is 0 Å². The van der Waals surface area contributed by atoms with E-state index in [0.717, 1.165) is 39.3 Å². The van der Waals surface area contributed by atoms with E-state index in [2.05, 4.69) is 34.3 Å². The molecule has 0 N–H and O–H groups in total. The van der Waals surface area contributed by atoms with E-state index in [9.17, 15) is 4.79 Å². The van der Waals surface area contributed by atoms with Crippen LogP contribution in [0.5, 0.6) is 0 Å². The first-order chi connectivity index (χ1) is 10.8. The summed E-state index contributed by atoms with van der Waals surface area (Å²) < 4.78 is 1.76. The molecule has 0 unspecified atom stereocenters. The van der Waals surface area contributed by atoms with Crippen LogP contribution in [0.15, 0.2) is 42.6 Å². The van der Waals surface area contributed by atoms with Crippen LogP contribution in [-0.4, -0.2) is 51.7 Å². The summed E-state index contributed by atoms with van der Waals surface area (Å²) in [6.45, 7) is 7.07. The molecular formula is C17H22N4O. The van der Waals surface area contributed by atoms with Gasteiger partial charge in [0.15, 0.2) is 0 Å². The Hall–Kier alpha value is -2.14. The van der Waals surface area contributed by atoms with Crippen LogP contribution in [0.1, 0.15) is 23.0 Å². The van der Waals surface area contributed by atoms with E-state index in [1.54, 1.807) is 10.9 Å². The van der Waals surface area contributed by atoms with Gasteiger partial charge in [0.05, 0.1) is 0 Å². The second-order valence-corrected chi connectivity index (χ2v) is 5.59. The van der Waals surface area contributed by atoms with Crippen LogP contribution in [-0.2, 0) is 13.1 Å². The summed E-state index contributed by atoms with van der Waals surface area (Å²) in [6.07, 6.45) is 1.70. The van der Waals surface area contributed by atoms with Crippen molar-refractivity contribution >= 4 is 5.91 Å². The van der Waals surface area contributed by atoms with Crippen molar-refractivity contribution in [2.75, 3.05) is 26.2 Å². The maximum Gasteiger partial charge on any atom is 0.272 e. The Kier molecular flexibility index (Phi) is 4.53. The lowest BCUT2D eigenvalue weighted by molar-refractivity contribution is 0.0616. The van der Waals surface area contributed by atoms with Gasteiger partial charge in [-0.1, -0.05) is 30.3 Å². The van der Waals surface area contributed by atoms with E-state index in [-0.39, 0.29) is 5.91 Å². The number of aryl methyl sites for hydroxylation is 1. The SMILES string of the molecule is CCn1nccc1C(=O)N1CCN(Cc2ccccc2)CC1. The molecule has 1 aromatic heterocycles. The van der Waals surface area contributed by atoms with E-state index in [1.165, 1.54) is 5.56 Å². The van der Waals surface area contributed by atoms with Crippen LogP contribution in [0, 0.1) is 0 Å². The summed E-state index contributed by atoms with van der Waals surface area (Å²) in [6, 6.07) is 12.3. The quantitative estimate of drug-likeness (QED) is 0.865. The predicted octanol–water partition coefficient (Wildman–Crippen LogP) is 1.86. The molecule has 0 atom stereocenters. The van der Waals surface area contributed by atoms with Crippen LogP contribution in [0.25, 0.3) is 0 Å². The van der Waals surface area contributed by atoms with Crippen molar-refractivity contribution in [3.63, 3.8) is 0 Å². The Morgan fingerprint density at radius 1 is 1.09 bits per heavy atom. The number of carbonyl (C=O) groups is 1. The monoisotopic (exact) mass is 298 g/mol. The van der Waals surface area contributed by atoms with Gasteiger partial charge < -0.3 is 4.90 Å². The summed E-state index contributed by atoms with van der Waals surface area (Å²) in [5, 5.41) is 4.18. The van der Waals surface area contributed by atoms with Crippen molar-refractivity contribution in [2.24, 2.45) is 0 Å². The number of aromatic nitrogens is 2. The zero-order chi connectivity index (χ0) is 15.4. The van der Waals surface area contributed by atoms with Crippen molar-refractivity contribution in [3.8, 4) is 0 Å². The van der Waals surface area contributed by atoms with Crippen LogP contribution in [0.3, 0.4) is 0 Å². The van der Waals surface area contributed by atoms with Crippen molar-refractivity contribution < 1.29 is 4.79 Å². The maximum absolute atomic E-state index is 12.6. The smallest absolute Gasteiger partial charge is 0.272 e. The Labute approximate surface area is 131 Å². The molecule has 1 amide bonds. The molecule has 0 aliphatic carbocycles. The molecule has 2 heterocycles. The van der Waals surface area contributed by atoms with Crippen LogP contribution in [0.4, 0.5) is 0 Å². The number of benzene rings is 1. The fourth-order valence-corrected chi connectivity index (χ4v) is 2.88. The fourth-order valence-electron chi connectivity index (χ4n) is 2.88. The highest BCUT2D eigenvalue weighted by atomic mass is 16.2. The molecular weight excluding hydrogens is 276 g/mol. The second-order valence-electron chi connectivity index (χ2n) is 5.59. The molecule has 116 valence electrons. The highest BCUT2D eigenvalue weighted by molar-refractivity contribution is 5.92. The minimum atomic E-state index is 0.0960. The van der Waals surface area contributed by atoms with Crippen molar-refractivity contribution in [3.05, 3.63) is 53.9 Å². The number of rotatable bonds is 4. The number of piperazine rings is 1. The van der Waals surface area contributed by atoms with Gasteiger partial charge in [0.25, 0.3) is 5.91 Å². The normalized spacial score (nSPS) is 16.0. The number of carbonyl (C=O) groups excluding carboxylic acids is 1. The summed E-state index contributed by atoms with van der Waals surface area (Å²) in [4.78, 5) is 16.9. The van der Waals surface area contributed by atoms with Gasteiger partial charge in [-0.25, -0.2) is 0 Å². The molecule has 1 saturated heterocycles. The molecule has 22 heavy (non-hydrogen) atoms. The molecule has 0 saturated carbocycles. The van der Waals surface area contributed by atoms with Crippen LogP contribution < -0.4 is 0 Å². The molecule has 5 heteroatoms. The van der Waals surface area contributed by atoms with Crippen LogP contribution >= 0.6 is 0 Å². The molecule has 0 spiro atoms. The standard InChI is InChI=1S/C17H22N4O/c1-2-21-16(8-9-18-21)17(22)20-12-10-19(11-13-20)14-15-6-4-3-5-7-15/h3-9H,2,10-14H2,1H3. The molecule has 1 aliphatic rings. The van der Waals surface area contributed by atoms with Gasteiger partial charge in [-0.05, 0) is 18.6 Å².